The maximum atomic E-state index is 13.3. The van der Waals surface area contributed by atoms with Crippen molar-refractivity contribution in [2.45, 2.75) is 19.6 Å². The van der Waals surface area contributed by atoms with E-state index in [1.54, 1.807) is 7.05 Å². The predicted molar refractivity (Wildman–Crippen MR) is 77.7 cm³/mol. The standard InChI is InChI=1S/C13H12F3N7O2/c1-6-19-22-12(25-6)18-11(24)7-3-4-8(13(14,15)16)23-9(5-17-2)20-21-10(7)23/h3-4,17H,5H2,1-2H3,(H,18,22,24). The minimum absolute atomic E-state index is 0.0214. The van der Waals surface area contributed by atoms with Crippen molar-refractivity contribution >= 4 is 17.6 Å². The molecule has 9 nitrogen and oxygen atoms in total. The Bertz CT molecular complexity index is 931. The molecule has 0 bridgehead atoms. The van der Waals surface area contributed by atoms with E-state index in [-0.39, 0.29) is 35.5 Å². The summed E-state index contributed by atoms with van der Waals surface area (Å²) in [5.74, 6) is -0.495. The Morgan fingerprint density at radius 1 is 1.24 bits per heavy atom. The van der Waals surface area contributed by atoms with Gasteiger partial charge in [-0.15, -0.1) is 15.3 Å². The number of carbonyl (C=O) groups excluding carboxylic acids is 1. The van der Waals surface area contributed by atoms with Crippen LogP contribution in [-0.2, 0) is 12.7 Å². The first-order valence-corrected chi connectivity index (χ1v) is 7.01. The highest BCUT2D eigenvalue weighted by Gasteiger charge is 2.35. The topological polar surface area (TPSA) is 110 Å². The lowest BCUT2D eigenvalue weighted by molar-refractivity contribution is -0.142. The van der Waals surface area contributed by atoms with Crippen LogP contribution in [0.1, 0.15) is 27.8 Å². The third-order valence-electron chi connectivity index (χ3n) is 3.24. The van der Waals surface area contributed by atoms with E-state index in [9.17, 15) is 18.0 Å². The zero-order valence-corrected chi connectivity index (χ0v) is 13.0. The van der Waals surface area contributed by atoms with Crippen LogP contribution in [0.15, 0.2) is 16.5 Å². The number of hydrogen-bond donors (Lipinski definition) is 2. The molecule has 3 rings (SSSR count). The van der Waals surface area contributed by atoms with Crippen LogP contribution in [0, 0.1) is 6.92 Å². The molecule has 0 aliphatic rings. The SMILES string of the molecule is CNCc1nnc2c(C(=O)Nc3nnc(C)o3)ccc(C(F)(F)F)n12. The van der Waals surface area contributed by atoms with Crippen molar-refractivity contribution in [2.75, 3.05) is 12.4 Å². The Labute approximate surface area is 138 Å². The molecule has 3 aromatic rings. The second kappa shape index (κ2) is 6.12. The Kier molecular flexibility index (Phi) is 4.12. The van der Waals surface area contributed by atoms with Crippen LogP contribution in [0.5, 0.6) is 0 Å². The van der Waals surface area contributed by atoms with Gasteiger partial charge in [0.2, 0.25) is 5.89 Å². The molecule has 25 heavy (non-hydrogen) atoms. The molecule has 0 aliphatic carbocycles. The highest BCUT2D eigenvalue weighted by Crippen LogP contribution is 2.31. The molecule has 0 aromatic carbocycles. The van der Waals surface area contributed by atoms with Crippen LogP contribution in [0.2, 0.25) is 0 Å². The first kappa shape index (κ1) is 16.8. The fourth-order valence-corrected chi connectivity index (χ4v) is 2.24. The van der Waals surface area contributed by atoms with Gasteiger partial charge in [-0.1, -0.05) is 5.10 Å². The zero-order chi connectivity index (χ0) is 18.2. The van der Waals surface area contributed by atoms with Crippen molar-refractivity contribution in [1.29, 1.82) is 0 Å². The minimum Gasteiger partial charge on any atom is -0.408 e. The van der Waals surface area contributed by atoms with E-state index in [1.165, 1.54) is 6.92 Å². The van der Waals surface area contributed by atoms with E-state index in [0.29, 0.717) is 0 Å². The molecule has 132 valence electrons. The number of hydrogen-bond acceptors (Lipinski definition) is 7. The summed E-state index contributed by atoms with van der Waals surface area (Å²) in [5, 5.41) is 19.6. The maximum Gasteiger partial charge on any atom is 0.431 e. The number of aromatic nitrogens is 5. The summed E-state index contributed by atoms with van der Waals surface area (Å²) in [7, 11) is 1.56. The number of amides is 1. The number of rotatable bonds is 4. The summed E-state index contributed by atoms with van der Waals surface area (Å²) in [6.45, 7) is 1.57. The van der Waals surface area contributed by atoms with E-state index < -0.39 is 17.8 Å². The number of carbonyl (C=O) groups is 1. The van der Waals surface area contributed by atoms with Crippen molar-refractivity contribution < 1.29 is 22.4 Å². The smallest absolute Gasteiger partial charge is 0.408 e. The van der Waals surface area contributed by atoms with Gasteiger partial charge in [-0.2, -0.15) is 13.2 Å². The minimum atomic E-state index is -4.64. The van der Waals surface area contributed by atoms with Crippen molar-refractivity contribution in [3.05, 3.63) is 35.1 Å². The summed E-state index contributed by atoms with van der Waals surface area (Å²) < 4.78 is 45.6. The first-order valence-electron chi connectivity index (χ1n) is 7.01. The van der Waals surface area contributed by atoms with Crippen molar-refractivity contribution in [1.82, 2.24) is 30.1 Å². The van der Waals surface area contributed by atoms with Gasteiger partial charge in [0.1, 0.15) is 5.69 Å². The quantitative estimate of drug-likeness (QED) is 0.728. The van der Waals surface area contributed by atoms with E-state index in [2.05, 4.69) is 31.0 Å². The highest BCUT2D eigenvalue weighted by molar-refractivity contribution is 6.07. The molecule has 2 N–H and O–H groups in total. The van der Waals surface area contributed by atoms with Crippen LogP contribution in [-0.4, -0.2) is 37.8 Å². The summed E-state index contributed by atoms with van der Waals surface area (Å²) in [4.78, 5) is 12.3. The van der Waals surface area contributed by atoms with E-state index in [4.69, 9.17) is 4.42 Å². The van der Waals surface area contributed by atoms with Crippen LogP contribution in [0.3, 0.4) is 0 Å². The third-order valence-corrected chi connectivity index (χ3v) is 3.24. The molecular weight excluding hydrogens is 343 g/mol. The molecule has 0 fully saturated rings. The number of nitrogens with zero attached hydrogens (tertiary/aromatic N) is 5. The largest absolute Gasteiger partial charge is 0.431 e. The molecule has 0 saturated heterocycles. The Morgan fingerprint density at radius 2 is 2.00 bits per heavy atom. The molecule has 3 heterocycles. The lowest BCUT2D eigenvalue weighted by Crippen LogP contribution is -2.19. The average Bonchev–Trinajstić information content (AvgIpc) is 3.13. The van der Waals surface area contributed by atoms with Gasteiger partial charge in [0.15, 0.2) is 11.5 Å². The Hall–Kier alpha value is -3.02. The number of halogens is 3. The lowest BCUT2D eigenvalue weighted by atomic mass is 10.2. The van der Waals surface area contributed by atoms with Crippen LogP contribution in [0.25, 0.3) is 5.65 Å². The molecule has 1 amide bonds. The van der Waals surface area contributed by atoms with Gasteiger partial charge in [-0.25, -0.2) is 0 Å². The van der Waals surface area contributed by atoms with Gasteiger partial charge in [0, 0.05) is 6.92 Å². The first-order chi connectivity index (χ1) is 11.8. The van der Waals surface area contributed by atoms with E-state index in [0.717, 1.165) is 16.5 Å². The number of alkyl halides is 3. The summed E-state index contributed by atoms with van der Waals surface area (Å²) in [6, 6.07) is 1.65. The van der Waals surface area contributed by atoms with Gasteiger partial charge < -0.3 is 9.73 Å². The van der Waals surface area contributed by atoms with Crippen molar-refractivity contribution in [2.24, 2.45) is 0 Å². The molecule has 0 saturated carbocycles. The van der Waals surface area contributed by atoms with Crippen LogP contribution < -0.4 is 10.6 Å². The van der Waals surface area contributed by atoms with Gasteiger partial charge >= 0.3 is 12.2 Å². The second-order valence-corrected chi connectivity index (χ2v) is 5.02. The number of anilines is 1. The van der Waals surface area contributed by atoms with Crippen molar-refractivity contribution in [3.8, 4) is 0 Å². The molecule has 3 aromatic heterocycles. The molecule has 0 unspecified atom stereocenters. The van der Waals surface area contributed by atoms with Gasteiger partial charge in [0.25, 0.3) is 5.91 Å². The average molecular weight is 355 g/mol. The number of aryl methyl sites for hydroxylation is 1. The third kappa shape index (κ3) is 3.15. The second-order valence-electron chi connectivity index (χ2n) is 5.02. The summed E-state index contributed by atoms with van der Waals surface area (Å²) in [5.41, 5.74) is -1.32. The van der Waals surface area contributed by atoms with Crippen LogP contribution in [0.4, 0.5) is 19.2 Å². The fraction of sp³-hybridized carbons (Fsp3) is 0.308. The maximum absolute atomic E-state index is 13.3. The van der Waals surface area contributed by atoms with Gasteiger partial charge in [0.05, 0.1) is 12.1 Å². The van der Waals surface area contributed by atoms with Crippen LogP contribution >= 0.6 is 0 Å². The molecule has 0 atom stereocenters. The molecule has 0 radical (unpaired) electrons. The molecule has 12 heteroatoms. The Morgan fingerprint density at radius 3 is 2.60 bits per heavy atom. The molecular formula is C13H12F3N7O2. The Balaban J connectivity index is 2.09. The zero-order valence-electron chi connectivity index (χ0n) is 13.0. The van der Waals surface area contributed by atoms with E-state index >= 15 is 0 Å². The predicted octanol–water partition coefficient (Wildman–Crippen LogP) is 1.41. The summed E-state index contributed by atoms with van der Waals surface area (Å²) in [6.07, 6.45) is -4.64. The molecule has 0 spiro atoms. The van der Waals surface area contributed by atoms with E-state index in [1.807, 2.05) is 0 Å². The number of fused-ring (bicyclic) bond motifs is 1. The van der Waals surface area contributed by atoms with Gasteiger partial charge in [-0.3, -0.25) is 14.5 Å². The highest BCUT2D eigenvalue weighted by atomic mass is 19.4. The lowest BCUT2D eigenvalue weighted by Gasteiger charge is -2.12. The number of nitrogens with one attached hydrogen (secondary N) is 2. The van der Waals surface area contributed by atoms with Crippen molar-refractivity contribution in [3.63, 3.8) is 0 Å². The summed E-state index contributed by atoms with van der Waals surface area (Å²) >= 11 is 0. The fourth-order valence-electron chi connectivity index (χ4n) is 2.24. The normalized spacial score (nSPS) is 11.9. The molecule has 0 aliphatic heterocycles. The van der Waals surface area contributed by atoms with Gasteiger partial charge in [-0.05, 0) is 19.2 Å². The number of pyridine rings is 1. The monoisotopic (exact) mass is 355 g/mol.